The quantitative estimate of drug-likeness (QED) is 0.662. The molecule has 1 aliphatic heterocycles. The number of aliphatic hydroxyl groups is 1. The number of hydrogen-bond donors (Lipinski definition) is 3. The van der Waals surface area contributed by atoms with Crippen LogP contribution in [0.15, 0.2) is 0 Å². The monoisotopic (exact) mass is 244 g/mol. The maximum Gasteiger partial charge on any atom is 0.325 e. The van der Waals surface area contributed by atoms with Gasteiger partial charge < -0.3 is 20.4 Å². The van der Waals surface area contributed by atoms with E-state index in [2.05, 4.69) is 5.32 Å². The van der Waals surface area contributed by atoms with Crippen LogP contribution in [0.3, 0.4) is 0 Å². The molecule has 0 aromatic rings. The van der Waals surface area contributed by atoms with E-state index in [1.54, 1.807) is 4.90 Å². The Morgan fingerprint density at radius 1 is 1.53 bits per heavy atom. The fraction of sp³-hybridized carbons (Fsp3) is 0.818. The normalized spacial score (nSPS) is 22.0. The molecule has 0 saturated carbocycles. The SMILES string of the molecule is CC(NC(=O)N1CCCC(CCO)C1)C(=O)O. The lowest BCUT2D eigenvalue weighted by Crippen LogP contribution is -2.49. The topological polar surface area (TPSA) is 89.9 Å². The number of nitrogens with zero attached hydrogens (tertiary/aromatic N) is 1. The summed E-state index contributed by atoms with van der Waals surface area (Å²) in [4.78, 5) is 24.0. The van der Waals surface area contributed by atoms with Crippen LogP contribution < -0.4 is 5.32 Å². The number of likely N-dealkylation sites (tertiary alicyclic amines) is 1. The first-order valence-electron chi connectivity index (χ1n) is 5.93. The average molecular weight is 244 g/mol. The summed E-state index contributed by atoms with van der Waals surface area (Å²) in [5, 5.41) is 20.0. The van der Waals surface area contributed by atoms with E-state index >= 15 is 0 Å². The van der Waals surface area contributed by atoms with Crippen molar-refractivity contribution in [3.8, 4) is 0 Å². The Bertz CT molecular complexity index is 281. The first-order chi connectivity index (χ1) is 8.04. The van der Waals surface area contributed by atoms with E-state index in [9.17, 15) is 9.59 Å². The molecule has 0 spiro atoms. The number of rotatable bonds is 4. The van der Waals surface area contributed by atoms with E-state index in [0.717, 1.165) is 12.8 Å². The van der Waals surface area contributed by atoms with Crippen molar-refractivity contribution in [1.29, 1.82) is 0 Å². The minimum atomic E-state index is -1.04. The number of hydrogen-bond acceptors (Lipinski definition) is 3. The predicted molar refractivity (Wildman–Crippen MR) is 61.6 cm³/mol. The molecule has 98 valence electrons. The number of carbonyl (C=O) groups is 2. The van der Waals surface area contributed by atoms with Crippen molar-refractivity contribution < 1.29 is 19.8 Å². The summed E-state index contributed by atoms with van der Waals surface area (Å²) in [5.74, 6) is -0.720. The number of aliphatic carboxylic acids is 1. The van der Waals surface area contributed by atoms with Gasteiger partial charge in [-0.2, -0.15) is 0 Å². The summed E-state index contributed by atoms with van der Waals surface area (Å²) in [7, 11) is 0. The summed E-state index contributed by atoms with van der Waals surface area (Å²) in [6.45, 7) is 2.82. The third kappa shape index (κ3) is 4.22. The predicted octanol–water partition coefficient (Wildman–Crippen LogP) is 0.263. The van der Waals surface area contributed by atoms with Crippen LogP contribution in [-0.4, -0.2) is 52.9 Å². The maximum atomic E-state index is 11.8. The summed E-state index contributed by atoms with van der Waals surface area (Å²) >= 11 is 0. The molecule has 6 nitrogen and oxygen atoms in total. The molecule has 2 amide bonds. The second kappa shape index (κ2) is 6.44. The highest BCUT2D eigenvalue weighted by Gasteiger charge is 2.25. The summed E-state index contributed by atoms with van der Waals surface area (Å²) in [5.41, 5.74) is 0. The Balaban J connectivity index is 2.43. The van der Waals surface area contributed by atoms with Crippen molar-refractivity contribution in [2.45, 2.75) is 32.2 Å². The van der Waals surface area contributed by atoms with Crippen LogP contribution in [-0.2, 0) is 4.79 Å². The smallest absolute Gasteiger partial charge is 0.325 e. The maximum absolute atomic E-state index is 11.8. The Morgan fingerprint density at radius 3 is 2.82 bits per heavy atom. The van der Waals surface area contributed by atoms with Gasteiger partial charge in [0.15, 0.2) is 0 Å². The molecular weight excluding hydrogens is 224 g/mol. The van der Waals surface area contributed by atoms with Gasteiger partial charge in [0.2, 0.25) is 0 Å². The van der Waals surface area contributed by atoms with Gasteiger partial charge in [-0.15, -0.1) is 0 Å². The lowest BCUT2D eigenvalue weighted by Gasteiger charge is -2.33. The Labute approximate surface area is 101 Å². The van der Waals surface area contributed by atoms with Gasteiger partial charge in [0.05, 0.1) is 0 Å². The first-order valence-corrected chi connectivity index (χ1v) is 5.93. The van der Waals surface area contributed by atoms with Crippen molar-refractivity contribution in [1.82, 2.24) is 10.2 Å². The van der Waals surface area contributed by atoms with Gasteiger partial charge in [-0.1, -0.05) is 0 Å². The molecule has 0 bridgehead atoms. The molecule has 6 heteroatoms. The summed E-state index contributed by atoms with van der Waals surface area (Å²) < 4.78 is 0. The number of carboxylic acids is 1. The fourth-order valence-electron chi connectivity index (χ4n) is 2.01. The van der Waals surface area contributed by atoms with Gasteiger partial charge in [-0.3, -0.25) is 4.79 Å². The van der Waals surface area contributed by atoms with E-state index in [4.69, 9.17) is 10.2 Å². The molecule has 0 aromatic heterocycles. The molecule has 3 N–H and O–H groups in total. The van der Waals surface area contributed by atoms with Crippen molar-refractivity contribution in [2.75, 3.05) is 19.7 Å². The molecule has 1 aliphatic rings. The largest absolute Gasteiger partial charge is 0.480 e. The first kappa shape index (κ1) is 13.8. The third-order valence-electron chi connectivity index (χ3n) is 3.05. The van der Waals surface area contributed by atoms with Crippen LogP contribution >= 0.6 is 0 Å². The molecular formula is C11H20N2O4. The number of carbonyl (C=O) groups excluding carboxylic acids is 1. The van der Waals surface area contributed by atoms with Gasteiger partial charge >= 0.3 is 12.0 Å². The van der Waals surface area contributed by atoms with E-state index in [1.807, 2.05) is 0 Å². The van der Waals surface area contributed by atoms with Crippen LogP contribution in [0.5, 0.6) is 0 Å². The number of carboxylic acid groups (broad SMARTS) is 1. The van der Waals surface area contributed by atoms with E-state index < -0.39 is 12.0 Å². The Hall–Kier alpha value is -1.30. The number of aliphatic hydroxyl groups excluding tert-OH is 1. The minimum absolute atomic E-state index is 0.131. The van der Waals surface area contributed by atoms with Crippen molar-refractivity contribution in [3.63, 3.8) is 0 Å². The van der Waals surface area contributed by atoms with Crippen LogP contribution in [0.2, 0.25) is 0 Å². The second-order valence-corrected chi connectivity index (χ2v) is 4.48. The van der Waals surface area contributed by atoms with Crippen LogP contribution in [0, 0.1) is 5.92 Å². The molecule has 1 fully saturated rings. The minimum Gasteiger partial charge on any atom is -0.480 e. The number of nitrogens with one attached hydrogen (secondary N) is 1. The molecule has 1 rings (SSSR count). The molecule has 1 heterocycles. The zero-order valence-electron chi connectivity index (χ0n) is 10.1. The van der Waals surface area contributed by atoms with Gasteiger partial charge in [0.1, 0.15) is 6.04 Å². The number of piperidine rings is 1. The average Bonchev–Trinajstić information content (AvgIpc) is 2.29. The Morgan fingerprint density at radius 2 is 2.24 bits per heavy atom. The third-order valence-corrected chi connectivity index (χ3v) is 3.05. The number of urea groups is 1. The highest BCUT2D eigenvalue weighted by atomic mass is 16.4. The highest BCUT2D eigenvalue weighted by molar-refractivity contribution is 5.82. The van der Waals surface area contributed by atoms with Crippen LogP contribution in [0.25, 0.3) is 0 Å². The van der Waals surface area contributed by atoms with E-state index in [1.165, 1.54) is 6.92 Å². The van der Waals surface area contributed by atoms with Gasteiger partial charge in [-0.05, 0) is 32.1 Å². The van der Waals surface area contributed by atoms with Gasteiger partial charge in [0.25, 0.3) is 0 Å². The zero-order valence-corrected chi connectivity index (χ0v) is 10.1. The highest BCUT2D eigenvalue weighted by Crippen LogP contribution is 2.19. The lowest BCUT2D eigenvalue weighted by atomic mass is 9.95. The molecule has 0 aliphatic carbocycles. The molecule has 1 saturated heterocycles. The standard InChI is InChI=1S/C11H20N2O4/c1-8(10(15)16)12-11(17)13-5-2-3-9(7-13)4-6-14/h8-9,14H,2-7H2,1H3,(H,12,17)(H,15,16). The second-order valence-electron chi connectivity index (χ2n) is 4.48. The molecule has 0 radical (unpaired) electrons. The van der Waals surface area contributed by atoms with E-state index in [-0.39, 0.29) is 12.6 Å². The summed E-state index contributed by atoms with van der Waals surface area (Å²) in [6, 6.07) is -1.21. The van der Waals surface area contributed by atoms with Crippen LogP contribution in [0.1, 0.15) is 26.2 Å². The zero-order chi connectivity index (χ0) is 12.8. The summed E-state index contributed by atoms with van der Waals surface area (Å²) in [6.07, 6.45) is 2.61. The van der Waals surface area contributed by atoms with Crippen molar-refractivity contribution in [3.05, 3.63) is 0 Å². The fourth-order valence-corrected chi connectivity index (χ4v) is 2.01. The molecule has 2 atom stereocenters. The molecule has 2 unspecified atom stereocenters. The van der Waals surface area contributed by atoms with Crippen LogP contribution in [0.4, 0.5) is 4.79 Å². The van der Waals surface area contributed by atoms with Crippen molar-refractivity contribution >= 4 is 12.0 Å². The molecule has 17 heavy (non-hydrogen) atoms. The lowest BCUT2D eigenvalue weighted by molar-refractivity contribution is -0.138. The molecule has 0 aromatic carbocycles. The van der Waals surface area contributed by atoms with Gasteiger partial charge in [-0.25, -0.2) is 4.79 Å². The Kier molecular flexibility index (Phi) is 5.21. The van der Waals surface area contributed by atoms with Gasteiger partial charge in [0, 0.05) is 19.7 Å². The number of amides is 2. The van der Waals surface area contributed by atoms with Crippen molar-refractivity contribution in [2.24, 2.45) is 5.92 Å². The van der Waals surface area contributed by atoms with E-state index in [0.29, 0.717) is 25.4 Å².